The summed E-state index contributed by atoms with van der Waals surface area (Å²) in [4.78, 5) is 37.1. The second kappa shape index (κ2) is 11.2. The number of ether oxygens (including phenoxy) is 3. The molecule has 6 N–H and O–H groups in total. The lowest BCUT2D eigenvalue weighted by Gasteiger charge is -2.18. The maximum Gasteiger partial charge on any atom is 0.345 e. The Morgan fingerprint density at radius 1 is 0.900 bits per heavy atom. The highest BCUT2D eigenvalue weighted by Gasteiger charge is 2.44. The number of fused-ring (bicyclic) bond motifs is 1. The molecule has 3 aromatic carbocycles. The van der Waals surface area contributed by atoms with Crippen molar-refractivity contribution in [3.63, 3.8) is 0 Å². The SMILES string of the molecule is COC(=O)[C@@H]1c2c(C=CC(=O)O[C@@H](Cc3ccc(O)c(O)c3)C(=O)O)ccc(O)c2O[C@H]1c1ccc(O)c(O)c1. The topological polar surface area (TPSA) is 200 Å². The molecule has 0 saturated heterocycles. The van der Waals surface area contributed by atoms with Crippen LogP contribution >= 0.6 is 0 Å². The highest BCUT2D eigenvalue weighted by atomic mass is 16.6. The zero-order valence-corrected chi connectivity index (χ0v) is 20.8. The Bertz CT molecular complexity index is 1510. The van der Waals surface area contributed by atoms with Crippen LogP contribution in [0.4, 0.5) is 0 Å². The molecule has 0 amide bonds. The number of carboxylic acid groups (broad SMARTS) is 1. The number of carbonyl (C=O) groups is 3. The molecular weight excluding hydrogens is 528 g/mol. The lowest BCUT2D eigenvalue weighted by molar-refractivity contribution is -0.160. The Morgan fingerprint density at radius 3 is 2.17 bits per heavy atom. The third kappa shape index (κ3) is 5.55. The van der Waals surface area contributed by atoms with Crippen LogP contribution in [0.25, 0.3) is 6.08 Å². The van der Waals surface area contributed by atoms with Gasteiger partial charge < -0.3 is 44.8 Å². The molecule has 0 aromatic heterocycles. The normalized spacial score (nSPS) is 16.6. The molecule has 208 valence electrons. The van der Waals surface area contributed by atoms with Gasteiger partial charge in [0.2, 0.25) is 6.10 Å². The second-order valence-corrected chi connectivity index (χ2v) is 8.83. The fourth-order valence-corrected chi connectivity index (χ4v) is 4.31. The van der Waals surface area contributed by atoms with E-state index in [1.54, 1.807) is 0 Å². The van der Waals surface area contributed by atoms with Crippen LogP contribution in [0.2, 0.25) is 0 Å². The maximum atomic E-state index is 12.8. The summed E-state index contributed by atoms with van der Waals surface area (Å²) in [5, 5.41) is 58.6. The van der Waals surface area contributed by atoms with Crippen molar-refractivity contribution in [2.75, 3.05) is 7.11 Å². The zero-order valence-electron chi connectivity index (χ0n) is 20.8. The average Bonchev–Trinajstić information content (AvgIpc) is 3.33. The predicted octanol–water partition coefficient (Wildman–Crippen LogP) is 2.86. The number of aromatic hydroxyl groups is 5. The summed E-state index contributed by atoms with van der Waals surface area (Å²) >= 11 is 0. The first kappa shape index (κ1) is 27.6. The maximum absolute atomic E-state index is 12.8. The zero-order chi connectivity index (χ0) is 29.1. The van der Waals surface area contributed by atoms with Crippen molar-refractivity contribution < 1.29 is 59.2 Å². The summed E-state index contributed by atoms with van der Waals surface area (Å²) in [5.74, 6) is -6.46. The van der Waals surface area contributed by atoms with Gasteiger partial charge in [0.15, 0.2) is 34.5 Å². The van der Waals surface area contributed by atoms with Crippen molar-refractivity contribution in [3.8, 4) is 34.5 Å². The predicted molar refractivity (Wildman–Crippen MR) is 136 cm³/mol. The van der Waals surface area contributed by atoms with E-state index < -0.39 is 53.3 Å². The molecule has 0 saturated carbocycles. The summed E-state index contributed by atoms with van der Waals surface area (Å²) in [6, 6.07) is 10.2. The molecule has 3 aromatic rings. The van der Waals surface area contributed by atoms with Gasteiger partial charge in [-0.3, -0.25) is 4.79 Å². The number of carboxylic acids is 1. The number of benzene rings is 3. The van der Waals surface area contributed by atoms with Gasteiger partial charge in [0.05, 0.1) is 7.11 Å². The Labute approximate surface area is 226 Å². The largest absolute Gasteiger partial charge is 0.504 e. The molecule has 1 aliphatic rings. The van der Waals surface area contributed by atoms with E-state index in [0.29, 0.717) is 11.1 Å². The van der Waals surface area contributed by atoms with E-state index in [0.717, 1.165) is 19.3 Å². The van der Waals surface area contributed by atoms with Crippen molar-refractivity contribution in [1.29, 1.82) is 0 Å². The Balaban J connectivity index is 1.61. The van der Waals surface area contributed by atoms with Crippen LogP contribution in [-0.4, -0.2) is 61.8 Å². The Hall–Kier alpha value is -5.39. The number of esters is 2. The Morgan fingerprint density at radius 2 is 1.55 bits per heavy atom. The minimum atomic E-state index is -1.62. The van der Waals surface area contributed by atoms with Crippen molar-refractivity contribution in [2.45, 2.75) is 24.5 Å². The van der Waals surface area contributed by atoms with Crippen LogP contribution in [0.15, 0.2) is 54.6 Å². The summed E-state index contributed by atoms with van der Waals surface area (Å²) < 4.78 is 15.9. The smallest absolute Gasteiger partial charge is 0.345 e. The standard InChI is InChI=1S/C28H24O12/c1-38-28(37)24-23-14(3-8-18(31)26(23)40-25(24)15-4-7-17(30)20(33)12-15)5-9-22(34)39-21(27(35)36)11-13-2-6-16(29)19(32)10-13/h2-10,12,21,24-25,29-33H,11H2,1H3,(H,35,36)/t21-,24+,25-/m0/s1. The van der Waals surface area contributed by atoms with Crippen LogP contribution in [0.5, 0.6) is 34.5 Å². The monoisotopic (exact) mass is 552 g/mol. The van der Waals surface area contributed by atoms with Gasteiger partial charge in [0.25, 0.3) is 0 Å². The summed E-state index contributed by atoms with van der Waals surface area (Å²) in [6.07, 6.45) is -0.798. The number of methoxy groups -OCH3 is 1. The van der Waals surface area contributed by atoms with E-state index in [1.165, 1.54) is 48.5 Å². The van der Waals surface area contributed by atoms with Crippen molar-refractivity contribution in [2.24, 2.45) is 0 Å². The fourth-order valence-electron chi connectivity index (χ4n) is 4.31. The van der Waals surface area contributed by atoms with Gasteiger partial charge in [0, 0.05) is 18.1 Å². The molecule has 4 rings (SSSR count). The lowest BCUT2D eigenvalue weighted by atomic mass is 9.87. The second-order valence-electron chi connectivity index (χ2n) is 8.83. The quantitative estimate of drug-likeness (QED) is 0.136. The number of phenolic OH excluding ortho intramolecular Hbond substituents is 5. The fraction of sp³-hybridized carbons (Fsp3) is 0.179. The van der Waals surface area contributed by atoms with Crippen LogP contribution in [-0.2, 0) is 30.3 Å². The first-order valence-electron chi connectivity index (χ1n) is 11.7. The molecule has 0 bridgehead atoms. The first-order valence-corrected chi connectivity index (χ1v) is 11.7. The highest BCUT2D eigenvalue weighted by Crippen LogP contribution is 2.52. The lowest BCUT2D eigenvalue weighted by Crippen LogP contribution is -2.28. The summed E-state index contributed by atoms with van der Waals surface area (Å²) in [6.45, 7) is 0. The van der Waals surface area contributed by atoms with Crippen molar-refractivity contribution >= 4 is 24.0 Å². The number of rotatable bonds is 8. The van der Waals surface area contributed by atoms with Gasteiger partial charge >= 0.3 is 17.9 Å². The third-order valence-electron chi connectivity index (χ3n) is 6.24. The van der Waals surface area contributed by atoms with E-state index in [-0.39, 0.29) is 34.8 Å². The van der Waals surface area contributed by atoms with E-state index in [2.05, 4.69) is 0 Å². The number of hydrogen-bond acceptors (Lipinski definition) is 11. The molecule has 3 atom stereocenters. The van der Waals surface area contributed by atoms with Gasteiger partial charge in [-0.05, 0) is 53.1 Å². The number of aliphatic carboxylic acids is 1. The number of hydrogen-bond donors (Lipinski definition) is 6. The Kier molecular flexibility index (Phi) is 7.71. The van der Waals surface area contributed by atoms with Gasteiger partial charge in [-0.2, -0.15) is 0 Å². The molecule has 0 unspecified atom stereocenters. The molecular formula is C28H24O12. The summed E-state index contributed by atoms with van der Waals surface area (Å²) in [7, 11) is 1.15. The molecule has 0 spiro atoms. The van der Waals surface area contributed by atoms with Crippen molar-refractivity contribution in [1.82, 2.24) is 0 Å². The van der Waals surface area contributed by atoms with Crippen LogP contribution in [0.1, 0.15) is 34.3 Å². The van der Waals surface area contributed by atoms with E-state index in [9.17, 15) is 45.0 Å². The summed E-state index contributed by atoms with van der Waals surface area (Å²) in [5.41, 5.74) is 1.00. The molecule has 40 heavy (non-hydrogen) atoms. The van der Waals surface area contributed by atoms with Crippen LogP contribution < -0.4 is 4.74 Å². The highest BCUT2D eigenvalue weighted by molar-refractivity contribution is 5.91. The molecule has 12 nitrogen and oxygen atoms in total. The molecule has 1 heterocycles. The van der Waals surface area contributed by atoms with E-state index >= 15 is 0 Å². The van der Waals surface area contributed by atoms with E-state index in [1.807, 2.05) is 0 Å². The number of phenols is 5. The third-order valence-corrected chi connectivity index (χ3v) is 6.24. The van der Waals surface area contributed by atoms with Crippen LogP contribution in [0, 0.1) is 0 Å². The molecule has 0 fully saturated rings. The van der Waals surface area contributed by atoms with Gasteiger partial charge in [-0.25, -0.2) is 9.59 Å². The number of carbonyl (C=O) groups excluding carboxylic acids is 2. The first-order chi connectivity index (χ1) is 19.0. The van der Waals surface area contributed by atoms with Gasteiger partial charge in [0.1, 0.15) is 12.0 Å². The minimum Gasteiger partial charge on any atom is -0.504 e. The minimum absolute atomic E-state index is 0.0703. The van der Waals surface area contributed by atoms with Crippen LogP contribution in [0.3, 0.4) is 0 Å². The molecule has 0 aliphatic carbocycles. The van der Waals surface area contributed by atoms with E-state index in [4.69, 9.17) is 14.2 Å². The molecule has 1 aliphatic heterocycles. The molecule has 12 heteroatoms. The van der Waals surface area contributed by atoms with Crippen molar-refractivity contribution in [3.05, 3.63) is 76.9 Å². The average molecular weight is 552 g/mol. The van der Waals surface area contributed by atoms with Gasteiger partial charge in [-0.15, -0.1) is 0 Å². The molecule has 0 radical (unpaired) electrons. The van der Waals surface area contributed by atoms with Gasteiger partial charge in [-0.1, -0.05) is 18.2 Å².